The van der Waals surface area contributed by atoms with E-state index < -0.39 is 10.0 Å². The summed E-state index contributed by atoms with van der Waals surface area (Å²) in [5.74, 6) is 0. The average Bonchev–Trinajstić information content (AvgIpc) is 2.64. The third-order valence-electron chi connectivity index (χ3n) is 1.75. The van der Waals surface area contributed by atoms with Gasteiger partial charge in [0.1, 0.15) is 4.60 Å². The van der Waals surface area contributed by atoms with Crippen LogP contribution in [0.1, 0.15) is 0 Å². The van der Waals surface area contributed by atoms with Gasteiger partial charge in [-0.1, -0.05) is 18.2 Å². The highest BCUT2D eigenvalue weighted by Crippen LogP contribution is 2.22. The molecule has 1 N–H and O–H groups in total. The number of rotatable bonds is 3. The minimum absolute atomic E-state index is 0.223. The van der Waals surface area contributed by atoms with Gasteiger partial charge >= 0.3 is 0 Å². The van der Waals surface area contributed by atoms with Crippen molar-refractivity contribution in [1.29, 1.82) is 0 Å². The summed E-state index contributed by atoms with van der Waals surface area (Å²) in [5, 5.41) is 2.05. The fourth-order valence-electron chi connectivity index (χ4n) is 1.07. The van der Waals surface area contributed by atoms with Crippen molar-refractivity contribution in [2.75, 3.05) is 4.72 Å². The lowest BCUT2D eigenvalue weighted by Gasteiger charge is -2.03. The summed E-state index contributed by atoms with van der Waals surface area (Å²) in [7, 11) is -3.52. The molecule has 0 aliphatic carbocycles. The van der Waals surface area contributed by atoms with Crippen LogP contribution in [0.25, 0.3) is 0 Å². The molecule has 0 amide bonds. The molecular weight excluding hydrogens is 312 g/mol. The van der Waals surface area contributed by atoms with Crippen LogP contribution >= 0.6 is 27.3 Å². The molecule has 0 fully saturated rings. The molecule has 1 heterocycles. The zero-order chi connectivity index (χ0) is 11.6. The van der Waals surface area contributed by atoms with Gasteiger partial charge in [0.15, 0.2) is 5.13 Å². The molecule has 1 aromatic carbocycles. The number of hydrogen-bond donors (Lipinski definition) is 1. The largest absolute Gasteiger partial charge is 0.263 e. The smallest absolute Gasteiger partial charge is 0.255 e. The maximum absolute atomic E-state index is 11.9. The molecule has 2 rings (SSSR count). The van der Waals surface area contributed by atoms with E-state index in [1.807, 2.05) is 0 Å². The Morgan fingerprint density at radius 1 is 1.25 bits per heavy atom. The Kier molecular flexibility index (Phi) is 3.27. The monoisotopic (exact) mass is 318 g/mol. The van der Waals surface area contributed by atoms with E-state index in [2.05, 4.69) is 25.6 Å². The number of anilines is 1. The van der Waals surface area contributed by atoms with E-state index in [1.165, 1.54) is 23.5 Å². The van der Waals surface area contributed by atoms with Gasteiger partial charge in [-0.15, -0.1) is 11.3 Å². The quantitative estimate of drug-likeness (QED) is 0.946. The summed E-state index contributed by atoms with van der Waals surface area (Å²) < 4.78 is 26.7. The van der Waals surface area contributed by atoms with Crippen molar-refractivity contribution in [3.63, 3.8) is 0 Å². The van der Waals surface area contributed by atoms with E-state index >= 15 is 0 Å². The zero-order valence-electron chi connectivity index (χ0n) is 7.92. The fraction of sp³-hybridized carbons (Fsp3) is 0. The molecule has 0 atom stereocenters. The van der Waals surface area contributed by atoms with Crippen molar-refractivity contribution >= 4 is 42.4 Å². The molecule has 84 valence electrons. The number of nitrogens with one attached hydrogen (secondary N) is 1. The van der Waals surface area contributed by atoms with Crippen LogP contribution in [0.2, 0.25) is 0 Å². The predicted molar refractivity (Wildman–Crippen MR) is 67.1 cm³/mol. The van der Waals surface area contributed by atoms with Gasteiger partial charge in [-0.05, 0) is 28.1 Å². The molecule has 16 heavy (non-hydrogen) atoms. The Balaban J connectivity index is 2.28. The SMILES string of the molecule is O=S(=O)(Nc1nc(Br)cs1)c1ccccc1. The van der Waals surface area contributed by atoms with Crippen molar-refractivity contribution in [2.45, 2.75) is 4.90 Å². The molecule has 1 aromatic heterocycles. The van der Waals surface area contributed by atoms with Gasteiger partial charge < -0.3 is 0 Å². The van der Waals surface area contributed by atoms with Crippen molar-refractivity contribution in [1.82, 2.24) is 4.98 Å². The van der Waals surface area contributed by atoms with Crippen LogP contribution in [0.3, 0.4) is 0 Å². The first-order chi connectivity index (χ1) is 7.58. The summed E-state index contributed by atoms with van der Waals surface area (Å²) in [5.41, 5.74) is 0. The van der Waals surface area contributed by atoms with Crippen LogP contribution in [0.5, 0.6) is 0 Å². The normalized spacial score (nSPS) is 11.3. The van der Waals surface area contributed by atoms with E-state index in [0.29, 0.717) is 9.73 Å². The Morgan fingerprint density at radius 3 is 2.50 bits per heavy atom. The number of nitrogens with zero attached hydrogens (tertiary/aromatic N) is 1. The maximum atomic E-state index is 11.9. The van der Waals surface area contributed by atoms with Gasteiger partial charge in [-0.25, -0.2) is 13.4 Å². The summed E-state index contributed by atoms with van der Waals surface area (Å²) in [6.07, 6.45) is 0. The van der Waals surface area contributed by atoms with Crippen LogP contribution in [0.15, 0.2) is 45.2 Å². The topological polar surface area (TPSA) is 59.1 Å². The second-order valence-electron chi connectivity index (χ2n) is 2.89. The first-order valence-electron chi connectivity index (χ1n) is 4.27. The molecule has 0 aliphatic heterocycles. The Labute approximate surface area is 106 Å². The Morgan fingerprint density at radius 2 is 1.94 bits per heavy atom. The molecule has 0 saturated carbocycles. The lowest BCUT2D eigenvalue weighted by Crippen LogP contribution is -2.12. The van der Waals surface area contributed by atoms with Crippen molar-refractivity contribution in [3.05, 3.63) is 40.3 Å². The number of aromatic nitrogens is 1. The first kappa shape index (κ1) is 11.6. The highest BCUT2D eigenvalue weighted by molar-refractivity contribution is 9.10. The minimum Gasteiger partial charge on any atom is -0.255 e. The zero-order valence-corrected chi connectivity index (χ0v) is 11.1. The number of thiazole rings is 1. The molecule has 2 aromatic rings. The second kappa shape index (κ2) is 4.52. The lowest BCUT2D eigenvalue weighted by molar-refractivity contribution is 0.601. The van der Waals surface area contributed by atoms with Gasteiger partial charge in [0.05, 0.1) is 4.90 Å². The van der Waals surface area contributed by atoms with E-state index in [-0.39, 0.29) is 4.90 Å². The third-order valence-corrected chi connectivity index (χ3v) is 4.70. The predicted octanol–water partition coefficient (Wildman–Crippen LogP) is 2.71. The van der Waals surface area contributed by atoms with Gasteiger partial charge in [0.2, 0.25) is 0 Å². The van der Waals surface area contributed by atoms with Crippen molar-refractivity contribution in [2.24, 2.45) is 0 Å². The minimum atomic E-state index is -3.52. The highest BCUT2D eigenvalue weighted by Gasteiger charge is 2.14. The van der Waals surface area contributed by atoms with Gasteiger partial charge in [-0.3, -0.25) is 4.72 Å². The van der Waals surface area contributed by atoms with Crippen LogP contribution in [0, 0.1) is 0 Å². The summed E-state index contributed by atoms with van der Waals surface area (Å²) in [6, 6.07) is 8.17. The van der Waals surface area contributed by atoms with E-state index in [4.69, 9.17) is 0 Å². The summed E-state index contributed by atoms with van der Waals surface area (Å²) in [6.45, 7) is 0. The summed E-state index contributed by atoms with van der Waals surface area (Å²) >= 11 is 4.38. The molecular formula is C9H7BrN2O2S2. The molecule has 0 spiro atoms. The fourth-order valence-corrected chi connectivity index (χ4v) is 3.49. The maximum Gasteiger partial charge on any atom is 0.263 e. The Hall–Kier alpha value is -0.920. The standard InChI is InChI=1S/C9H7BrN2O2S2/c10-8-6-15-9(11-8)12-16(13,14)7-4-2-1-3-5-7/h1-6H,(H,11,12). The third kappa shape index (κ3) is 2.60. The van der Waals surface area contributed by atoms with Gasteiger partial charge in [0.25, 0.3) is 10.0 Å². The van der Waals surface area contributed by atoms with Gasteiger partial charge in [-0.2, -0.15) is 0 Å². The molecule has 0 saturated heterocycles. The second-order valence-corrected chi connectivity index (χ2v) is 6.25. The van der Waals surface area contributed by atoms with Crippen molar-refractivity contribution in [3.8, 4) is 0 Å². The number of halogens is 1. The van der Waals surface area contributed by atoms with Crippen molar-refractivity contribution < 1.29 is 8.42 Å². The summed E-state index contributed by atoms with van der Waals surface area (Å²) in [4.78, 5) is 4.19. The number of hydrogen-bond acceptors (Lipinski definition) is 4. The number of benzene rings is 1. The van der Waals surface area contributed by atoms with E-state index in [9.17, 15) is 8.42 Å². The van der Waals surface area contributed by atoms with E-state index in [1.54, 1.807) is 23.6 Å². The molecule has 0 radical (unpaired) electrons. The molecule has 0 unspecified atom stereocenters. The van der Waals surface area contributed by atoms with Crippen LogP contribution < -0.4 is 4.72 Å². The average molecular weight is 319 g/mol. The van der Waals surface area contributed by atoms with Gasteiger partial charge in [0, 0.05) is 5.38 Å². The lowest BCUT2D eigenvalue weighted by atomic mass is 10.4. The van der Waals surface area contributed by atoms with E-state index in [0.717, 1.165) is 0 Å². The number of sulfonamides is 1. The van der Waals surface area contributed by atoms with Crippen LogP contribution in [-0.2, 0) is 10.0 Å². The molecule has 0 bridgehead atoms. The molecule has 0 aliphatic rings. The van der Waals surface area contributed by atoms with Crippen LogP contribution in [-0.4, -0.2) is 13.4 Å². The highest BCUT2D eigenvalue weighted by atomic mass is 79.9. The Bertz CT molecular complexity index is 581. The molecule has 7 heteroatoms. The first-order valence-corrected chi connectivity index (χ1v) is 7.42. The molecule has 4 nitrogen and oxygen atoms in total. The van der Waals surface area contributed by atoms with Crippen LogP contribution in [0.4, 0.5) is 5.13 Å².